The lowest BCUT2D eigenvalue weighted by Crippen LogP contribution is -2.37. The predicted molar refractivity (Wildman–Crippen MR) is 86.8 cm³/mol. The van der Waals surface area contributed by atoms with Gasteiger partial charge in [-0.2, -0.15) is 4.98 Å². The first-order chi connectivity index (χ1) is 10.7. The van der Waals surface area contributed by atoms with E-state index in [0.29, 0.717) is 17.5 Å². The average molecular weight is 322 g/mol. The van der Waals surface area contributed by atoms with Crippen LogP contribution in [0.1, 0.15) is 31.1 Å². The van der Waals surface area contributed by atoms with Crippen molar-refractivity contribution in [3.05, 3.63) is 35.4 Å². The van der Waals surface area contributed by atoms with Crippen LogP contribution in [0.4, 0.5) is 11.8 Å². The van der Waals surface area contributed by atoms with Gasteiger partial charge >= 0.3 is 0 Å². The minimum atomic E-state index is 0.169. The van der Waals surface area contributed by atoms with Crippen molar-refractivity contribution in [3.63, 3.8) is 0 Å². The van der Waals surface area contributed by atoms with Gasteiger partial charge in [-0.05, 0) is 38.1 Å². The Hall–Kier alpha value is -1.79. The van der Waals surface area contributed by atoms with Crippen molar-refractivity contribution < 1.29 is 4.42 Å². The fourth-order valence-electron chi connectivity index (χ4n) is 2.85. The molecule has 3 rings (SSSR count). The molecule has 0 bridgehead atoms. The monoisotopic (exact) mass is 321 g/mol. The minimum absolute atomic E-state index is 0.169. The Morgan fingerprint density at radius 1 is 1.32 bits per heavy atom. The number of nitrogen functional groups attached to an aromatic ring is 1. The van der Waals surface area contributed by atoms with E-state index in [1.54, 1.807) is 12.3 Å². The highest BCUT2D eigenvalue weighted by atomic mass is 35.5. The molecule has 1 aliphatic heterocycles. The number of hydrogen-bond donors (Lipinski definition) is 2. The number of furan rings is 1. The molecule has 6 nitrogen and oxygen atoms in total. The Morgan fingerprint density at radius 2 is 2.14 bits per heavy atom. The van der Waals surface area contributed by atoms with Crippen LogP contribution in [-0.2, 0) is 0 Å². The van der Waals surface area contributed by atoms with E-state index in [0.717, 1.165) is 18.8 Å². The molecule has 118 valence electrons. The Labute approximate surface area is 134 Å². The van der Waals surface area contributed by atoms with Crippen LogP contribution in [0.2, 0.25) is 5.15 Å². The maximum Gasteiger partial charge on any atom is 0.223 e. The second kappa shape index (κ2) is 6.98. The number of hydrogen-bond acceptors (Lipinski definition) is 6. The Morgan fingerprint density at radius 3 is 2.82 bits per heavy atom. The lowest BCUT2D eigenvalue weighted by atomic mass is 10.1. The van der Waals surface area contributed by atoms with Crippen LogP contribution in [0.3, 0.4) is 0 Å². The highest BCUT2D eigenvalue weighted by Gasteiger charge is 2.24. The molecule has 1 atom stereocenters. The summed E-state index contributed by atoms with van der Waals surface area (Å²) in [5.74, 6) is 1.76. The van der Waals surface area contributed by atoms with Crippen LogP contribution in [0.5, 0.6) is 0 Å². The molecule has 0 aliphatic carbocycles. The lowest BCUT2D eigenvalue weighted by Gasteiger charge is -2.33. The molecule has 7 heteroatoms. The van der Waals surface area contributed by atoms with Crippen LogP contribution < -0.4 is 11.1 Å². The average Bonchev–Trinajstić information content (AvgIpc) is 3.02. The Kier molecular flexibility index (Phi) is 4.80. The summed E-state index contributed by atoms with van der Waals surface area (Å²) >= 11 is 5.91. The quantitative estimate of drug-likeness (QED) is 0.824. The fraction of sp³-hybridized carbons (Fsp3) is 0.467. The van der Waals surface area contributed by atoms with Crippen LogP contribution in [0, 0.1) is 0 Å². The number of nitrogens with two attached hydrogens (primary N) is 1. The molecule has 0 spiro atoms. The highest BCUT2D eigenvalue weighted by molar-refractivity contribution is 6.29. The number of piperidine rings is 1. The van der Waals surface area contributed by atoms with Crippen molar-refractivity contribution in [3.8, 4) is 0 Å². The van der Waals surface area contributed by atoms with Gasteiger partial charge in [0.15, 0.2) is 0 Å². The second-order valence-corrected chi connectivity index (χ2v) is 5.83. The van der Waals surface area contributed by atoms with Gasteiger partial charge in [-0.3, -0.25) is 4.90 Å². The van der Waals surface area contributed by atoms with Gasteiger partial charge in [0.1, 0.15) is 16.7 Å². The van der Waals surface area contributed by atoms with Crippen LogP contribution in [-0.4, -0.2) is 34.5 Å². The first kappa shape index (κ1) is 15.1. The third-order valence-corrected chi connectivity index (χ3v) is 4.09. The summed E-state index contributed by atoms with van der Waals surface area (Å²) in [5, 5.41) is 3.63. The Balaban J connectivity index is 1.72. The van der Waals surface area contributed by atoms with Crippen LogP contribution in [0.25, 0.3) is 0 Å². The molecule has 1 aliphatic rings. The second-order valence-electron chi connectivity index (χ2n) is 5.44. The van der Waals surface area contributed by atoms with Gasteiger partial charge in [0.2, 0.25) is 5.95 Å². The number of likely N-dealkylation sites (tertiary alicyclic amines) is 1. The molecule has 3 N–H and O–H groups in total. The third-order valence-electron chi connectivity index (χ3n) is 3.89. The molecule has 3 heterocycles. The summed E-state index contributed by atoms with van der Waals surface area (Å²) in [5.41, 5.74) is 5.63. The van der Waals surface area contributed by atoms with E-state index in [9.17, 15) is 0 Å². The minimum Gasteiger partial charge on any atom is -0.468 e. The summed E-state index contributed by atoms with van der Waals surface area (Å²) < 4.78 is 5.62. The van der Waals surface area contributed by atoms with Crippen molar-refractivity contribution in [2.45, 2.75) is 25.3 Å². The Bertz CT molecular complexity index is 578. The zero-order valence-corrected chi connectivity index (χ0v) is 13.1. The molecule has 0 saturated carbocycles. The molecular formula is C15H20ClN5O. The van der Waals surface area contributed by atoms with Gasteiger partial charge in [0, 0.05) is 12.6 Å². The molecule has 0 radical (unpaired) electrons. The first-order valence-electron chi connectivity index (χ1n) is 7.54. The van der Waals surface area contributed by atoms with E-state index < -0.39 is 0 Å². The predicted octanol–water partition coefficient (Wildman–Crippen LogP) is 2.94. The lowest BCUT2D eigenvalue weighted by molar-refractivity contribution is 0.153. The van der Waals surface area contributed by atoms with E-state index in [2.05, 4.69) is 20.2 Å². The molecule has 22 heavy (non-hydrogen) atoms. The molecule has 0 aromatic carbocycles. The van der Waals surface area contributed by atoms with Crippen molar-refractivity contribution in [2.24, 2.45) is 0 Å². The zero-order valence-electron chi connectivity index (χ0n) is 12.3. The van der Waals surface area contributed by atoms with Crippen LogP contribution in [0.15, 0.2) is 28.9 Å². The van der Waals surface area contributed by atoms with E-state index in [-0.39, 0.29) is 12.0 Å². The molecule has 1 saturated heterocycles. The largest absolute Gasteiger partial charge is 0.468 e. The summed E-state index contributed by atoms with van der Waals surface area (Å²) in [6.07, 6.45) is 5.46. The number of rotatable bonds is 5. The van der Waals surface area contributed by atoms with Crippen LogP contribution >= 0.6 is 11.6 Å². The summed E-state index contributed by atoms with van der Waals surface area (Å²) in [7, 11) is 0. The SMILES string of the molecule is Nc1nc(Cl)cc(NC[C@H](c2ccco2)N2CCCCC2)n1. The molecule has 1 fully saturated rings. The van der Waals surface area contributed by atoms with E-state index >= 15 is 0 Å². The maximum absolute atomic E-state index is 5.91. The number of anilines is 2. The molecule has 2 aromatic rings. The maximum atomic E-state index is 5.91. The normalized spacial score (nSPS) is 17.3. The summed E-state index contributed by atoms with van der Waals surface area (Å²) in [4.78, 5) is 10.5. The van der Waals surface area contributed by atoms with E-state index in [1.165, 1.54) is 19.3 Å². The highest BCUT2D eigenvalue weighted by Crippen LogP contribution is 2.25. The van der Waals surface area contributed by atoms with Gasteiger partial charge in [-0.15, -0.1) is 0 Å². The van der Waals surface area contributed by atoms with Gasteiger partial charge in [-0.25, -0.2) is 4.98 Å². The van der Waals surface area contributed by atoms with Crippen molar-refractivity contribution in [2.75, 3.05) is 30.7 Å². The van der Waals surface area contributed by atoms with Gasteiger partial charge < -0.3 is 15.5 Å². The molecule has 0 unspecified atom stereocenters. The van der Waals surface area contributed by atoms with Crippen molar-refractivity contribution in [1.82, 2.24) is 14.9 Å². The molecule has 0 amide bonds. The third kappa shape index (κ3) is 3.69. The van der Waals surface area contributed by atoms with Gasteiger partial charge in [-0.1, -0.05) is 18.0 Å². The van der Waals surface area contributed by atoms with E-state index in [1.807, 2.05) is 12.1 Å². The standard InChI is InChI=1S/C15H20ClN5O/c16-13-9-14(20-15(17)19-13)18-10-11(12-5-4-8-22-12)21-6-2-1-3-7-21/h4-5,8-9,11H,1-3,6-7,10H2,(H3,17,18,19,20)/t11-/m1/s1. The fourth-order valence-corrected chi connectivity index (χ4v) is 3.04. The van der Waals surface area contributed by atoms with Gasteiger partial charge in [0.25, 0.3) is 0 Å². The number of aromatic nitrogens is 2. The number of nitrogens with one attached hydrogen (secondary N) is 1. The smallest absolute Gasteiger partial charge is 0.223 e. The molecular weight excluding hydrogens is 302 g/mol. The molecule has 2 aromatic heterocycles. The number of nitrogens with zero attached hydrogens (tertiary/aromatic N) is 3. The van der Waals surface area contributed by atoms with Crippen molar-refractivity contribution in [1.29, 1.82) is 0 Å². The summed E-state index contributed by atoms with van der Waals surface area (Å²) in [6, 6.07) is 5.78. The first-order valence-corrected chi connectivity index (χ1v) is 7.91. The van der Waals surface area contributed by atoms with Gasteiger partial charge in [0.05, 0.1) is 12.3 Å². The number of halogens is 1. The zero-order chi connectivity index (χ0) is 15.4. The topological polar surface area (TPSA) is 80.2 Å². The van der Waals surface area contributed by atoms with E-state index in [4.69, 9.17) is 21.8 Å². The van der Waals surface area contributed by atoms with Crippen molar-refractivity contribution >= 4 is 23.4 Å². The summed E-state index contributed by atoms with van der Waals surface area (Å²) in [6.45, 7) is 2.85.